The quantitative estimate of drug-likeness (QED) is 0.151. The molecule has 0 bridgehead atoms. The predicted molar refractivity (Wildman–Crippen MR) is 60.2 cm³/mol. The molecule has 0 radical (unpaired) electrons. The van der Waals surface area contributed by atoms with Crippen molar-refractivity contribution in [2.75, 3.05) is 13.2 Å². The Morgan fingerprint density at radius 2 is 0.739 bits per heavy atom. The van der Waals surface area contributed by atoms with Crippen LogP contribution >= 0.6 is 0 Å². The van der Waals surface area contributed by atoms with Crippen LogP contribution in [0.25, 0.3) is 0 Å². The van der Waals surface area contributed by atoms with E-state index >= 15 is 0 Å². The molecule has 0 aromatic heterocycles. The number of cyclic esters (lactones) is 2. The van der Waals surface area contributed by atoms with E-state index < -0.39 is 37.4 Å². The zero-order chi connectivity index (χ0) is 17.9. The van der Waals surface area contributed by atoms with Gasteiger partial charge in [0.25, 0.3) is 0 Å². The molecule has 0 N–H and O–H groups in total. The fourth-order valence-corrected chi connectivity index (χ4v) is 0.292. The van der Waals surface area contributed by atoms with Gasteiger partial charge >= 0.3 is 40.9 Å². The normalized spacial score (nSPS) is 12.7. The first-order chi connectivity index (χ1) is 8.89. The largest absolute Gasteiger partial charge is 3.00 e. The van der Waals surface area contributed by atoms with Gasteiger partial charge in [-0.2, -0.15) is 0 Å². The first-order valence-corrected chi connectivity index (χ1v) is 7.69. The van der Waals surface area contributed by atoms with Crippen LogP contribution in [0.2, 0.25) is 0 Å². The monoisotopic (exact) mass is 430 g/mol. The molecule has 0 aliphatic carbocycles. The molecule has 20 heteroatoms. The molecule has 1 aliphatic rings. The van der Waals surface area contributed by atoms with E-state index in [9.17, 15) is 4.79 Å². The van der Waals surface area contributed by atoms with Gasteiger partial charge in [0, 0.05) is 31.2 Å². The predicted octanol–water partition coefficient (Wildman–Crippen LogP) is -4.62. The minimum absolute atomic E-state index is 0. The van der Waals surface area contributed by atoms with Gasteiger partial charge in [-0.25, -0.2) is 4.79 Å². The van der Waals surface area contributed by atoms with Crippen molar-refractivity contribution in [1.82, 2.24) is 0 Å². The van der Waals surface area contributed by atoms with E-state index in [-0.39, 0.29) is 34.7 Å². The third-order valence-corrected chi connectivity index (χ3v) is 0.523. The topological polar surface area (TPSA) is 276 Å². The summed E-state index contributed by atoms with van der Waals surface area (Å²) in [4.78, 5) is 9.80. The van der Waals surface area contributed by atoms with E-state index in [2.05, 4.69) is 9.47 Å². The first-order valence-electron chi connectivity index (χ1n) is 3.69. The van der Waals surface area contributed by atoms with Gasteiger partial charge < -0.3 is 36.8 Å². The van der Waals surface area contributed by atoms with Crippen LogP contribution in [0.15, 0.2) is 0 Å². The van der Waals surface area contributed by atoms with Gasteiger partial charge in [0.05, 0.1) is 0 Å². The molecule has 0 amide bonds. The average Bonchev–Trinajstić information content (AvgIpc) is 2.44. The van der Waals surface area contributed by atoms with Gasteiger partial charge in [-0.1, -0.05) is 0 Å². The van der Waals surface area contributed by atoms with Gasteiger partial charge in [-0.15, -0.1) is 0 Å². The fourth-order valence-electron chi connectivity index (χ4n) is 0.292. The van der Waals surface area contributed by atoms with Crippen molar-refractivity contribution in [3.63, 3.8) is 0 Å². The van der Waals surface area contributed by atoms with Crippen LogP contribution in [0.1, 0.15) is 0 Å². The van der Waals surface area contributed by atoms with E-state index in [4.69, 9.17) is 52.6 Å². The Morgan fingerprint density at radius 1 is 0.609 bits per heavy atom. The summed E-state index contributed by atoms with van der Waals surface area (Å²) < 4.78 is 111. The van der Waals surface area contributed by atoms with E-state index in [1.165, 1.54) is 0 Å². The maximum atomic E-state index is 9.80. The second-order valence-electron chi connectivity index (χ2n) is 2.17. The SMILES string of the molecule is O=C1OCCO1.O=S(=O)([O-])[O-].O=S(=O)([O-])[O-].O=S(=O)([O-])[O-].[Al+3].[Al+3]. The molecular weight excluding hydrogens is 426 g/mol. The fraction of sp³-hybridized carbons (Fsp3) is 0.667. The first kappa shape index (κ1) is 34.3. The maximum Gasteiger partial charge on any atom is 3.00 e. The van der Waals surface area contributed by atoms with Crippen LogP contribution in [0.4, 0.5) is 4.79 Å². The Kier molecular flexibility index (Phi) is 23.1. The standard InChI is InChI=1S/C3H4O3.2Al.3H2O4S/c4-3-5-1-2-6-3;;;3*1-5(2,3)4/h1-2H2;;;3*(H2,1,2,3,4)/q;2*+3;;;/p-6. The Hall–Kier alpha value is -0.0551. The Bertz CT molecular complexity index is 485. The van der Waals surface area contributed by atoms with E-state index in [1.54, 1.807) is 0 Å². The van der Waals surface area contributed by atoms with E-state index in [0.29, 0.717) is 13.2 Å². The molecule has 1 aliphatic heterocycles. The molecule has 15 nitrogen and oxygen atoms in total. The van der Waals surface area contributed by atoms with Crippen LogP contribution in [0, 0.1) is 0 Å². The number of hydrogen-bond acceptors (Lipinski definition) is 15. The molecule has 1 heterocycles. The summed E-state index contributed by atoms with van der Waals surface area (Å²) in [5.74, 6) is 0. The number of ether oxygens (including phenoxy) is 2. The number of hydrogen-bond donors (Lipinski definition) is 0. The maximum absolute atomic E-state index is 9.80. The van der Waals surface area contributed by atoms with Crippen molar-refractivity contribution >= 4 is 72.1 Å². The molecule has 23 heavy (non-hydrogen) atoms. The van der Waals surface area contributed by atoms with Crippen molar-refractivity contribution in [2.24, 2.45) is 0 Å². The average molecular weight is 430 g/mol. The summed E-state index contributed by atoms with van der Waals surface area (Å²) in [6, 6.07) is 0. The molecular formula is C3H4Al2O15S3. The molecule has 0 unspecified atom stereocenters. The van der Waals surface area contributed by atoms with Crippen molar-refractivity contribution in [3.05, 3.63) is 0 Å². The van der Waals surface area contributed by atoms with Gasteiger partial charge in [-0.3, -0.25) is 25.3 Å². The number of carbonyl (C=O) groups is 1. The van der Waals surface area contributed by atoms with Gasteiger partial charge in [0.15, 0.2) is 0 Å². The molecule has 130 valence electrons. The van der Waals surface area contributed by atoms with Gasteiger partial charge in [0.1, 0.15) is 13.2 Å². The van der Waals surface area contributed by atoms with Gasteiger partial charge in [0.2, 0.25) is 0 Å². The Balaban J connectivity index is -0.0000000612. The molecule has 0 aromatic rings. The van der Waals surface area contributed by atoms with Crippen LogP contribution < -0.4 is 0 Å². The molecule has 1 saturated heterocycles. The summed E-state index contributed by atoms with van der Waals surface area (Å²) in [7, 11) is -15.5. The smallest absolute Gasteiger partial charge is 0.759 e. The minimum atomic E-state index is -5.17. The Labute approximate surface area is 152 Å². The Morgan fingerprint density at radius 3 is 0.783 bits per heavy atom. The number of carbonyl (C=O) groups excluding carboxylic acids is 1. The van der Waals surface area contributed by atoms with Crippen molar-refractivity contribution in [2.45, 2.75) is 0 Å². The zero-order valence-electron chi connectivity index (χ0n) is 10.4. The van der Waals surface area contributed by atoms with Crippen LogP contribution in [-0.4, -0.2) is 107 Å². The molecule has 0 aromatic carbocycles. The summed E-state index contributed by atoms with van der Waals surface area (Å²) in [5.41, 5.74) is 0. The molecule has 0 spiro atoms. The van der Waals surface area contributed by atoms with E-state index in [1.807, 2.05) is 0 Å². The second-order valence-corrected chi connectivity index (χ2v) is 4.62. The summed E-state index contributed by atoms with van der Waals surface area (Å²) in [5, 5.41) is 0. The molecule has 0 atom stereocenters. The molecule has 1 rings (SSSR count). The van der Waals surface area contributed by atoms with Crippen molar-refractivity contribution in [1.29, 1.82) is 0 Å². The van der Waals surface area contributed by atoms with Crippen LogP contribution in [0.5, 0.6) is 0 Å². The summed E-state index contributed by atoms with van der Waals surface area (Å²) in [6.45, 7) is 0.831. The van der Waals surface area contributed by atoms with E-state index in [0.717, 1.165) is 0 Å². The summed E-state index contributed by atoms with van der Waals surface area (Å²) >= 11 is 0. The van der Waals surface area contributed by atoms with Crippen molar-refractivity contribution in [3.8, 4) is 0 Å². The zero-order valence-corrected chi connectivity index (χ0v) is 15.2. The van der Waals surface area contributed by atoms with Crippen LogP contribution in [-0.2, 0) is 40.7 Å². The van der Waals surface area contributed by atoms with Crippen molar-refractivity contribution < 1.29 is 66.8 Å². The van der Waals surface area contributed by atoms with Crippen LogP contribution in [0.3, 0.4) is 0 Å². The number of rotatable bonds is 0. The third kappa shape index (κ3) is 181. The second kappa shape index (κ2) is 15.5. The molecule has 1 fully saturated rings. The molecule has 0 saturated carbocycles. The third-order valence-electron chi connectivity index (χ3n) is 0.523. The van der Waals surface area contributed by atoms with Gasteiger partial charge in [-0.05, 0) is 0 Å². The summed E-state index contributed by atoms with van der Waals surface area (Å²) in [6.07, 6.45) is -0.546. The minimum Gasteiger partial charge on any atom is -0.759 e.